The van der Waals surface area contributed by atoms with Crippen LogP contribution in [0.2, 0.25) is 0 Å². The van der Waals surface area contributed by atoms with Crippen molar-refractivity contribution in [3.63, 3.8) is 0 Å². The topological polar surface area (TPSA) is 47.6 Å². The van der Waals surface area contributed by atoms with Gasteiger partial charge in [-0.25, -0.2) is 13.6 Å². The van der Waals surface area contributed by atoms with Crippen molar-refractivity contribution in [2.45, 2.75) is 59.8 Å². The second kappa shape index (κ2) is 11.1. The molecule has 0 spiro atoms. The second-order valence-electron chi connectivity index (χ2n) is 9.79. The molecule has 3 rings (SSSR count). The Balaban J connectivity index is 2.26. The van der Waals surface area contributed by atoms with Crippen molar-refractivity contribution in [1.82, 2.24) is 0 Å². The van der Waals surface area contributed by atoms with E-state index in [9.17, 15) is 13.6 Å². The average molecular weight is 560 g/mol. The SMILES string of the molecule is COC(=O)[C@@H](OC(C)(C)C)c1c(C)c(NCc2cccc(F)c2F)c(Br)c(C)c1-c1ccc(C)cc1. The first-order chi connectivity index (χ1) is 16.9. The van der Waals surface area contributed by atoms with Crippen LogP contribution in [0.3, 0.4) is 0 Å². The van der Waals surface area contributed by atoms with E-state index in [0.717, 1.165) is 38.4 Å². The van der Waals surface area contributed by atoms with E-state index in [1.54, 1.807) is 0 Å². The van der Waals surface area contributed by atoms with E-state index in [1.807, 2.05) is 65.8 Å². The van der Waals surface area contributed by atoms with Gasteiger partial charge in [0.2, 0.25) is 0 Å². The molecule has 0 heterocycles. The Morgan fingerprint density at radius 1 is 1.03 bits per heavy atom. The summed E-state index contributed by atoms with van der Waals surface area (Å²) in [7, 11) is 1.33. The van der Waals surface area contributed by atoms with E-state index in [4.69, 9.17) is 9.47 Å². The van der Waals surface area contributed by atoms with Crippen molar-refractivity contribution in [2.24, 2.45) is 0 Å². The number of halogens is 3. The third-order valence-corrected chi connectivity index (χ3v) is 6.94. The van der Waals surface area contributed by atoms with Crippen LogP contribution >= 0.6 is 15.9 Å². The van der Waals surface area contributed by atoms with Gasteiger partial charge in [0.15, 0.2) is 17.7 Å². The molecule has 0 radical (unpaired) electrons. The lowest BCUT2D eigenvalue weighted by Crippen LogP contribution is -2.29. The third-order valence-electron chi connectivity index (χ3n) is 5.95. The summed E-state index contributed by atoms with van der Waals surface area (Å²) in [6.45, 7) is 11.5. The molecule has 0 amide bonds. The number of hydrogen-bond donors (Lipinski definition) is 1. The van der Waals surface area contributed by atoms with Gasteiger partial charge in [-0.2, -0.15) is 0 Å². The molecule has 3 aromatic carbocycles. The van der Waals surface area contributed by atoms with Gasteiger partial charge in [0.05, 0.1) is 18.4 Å². The summed E-state index contributed by atoms with van der Waals surface area (Å²) in [6, 6.07) is 12.1. The van der Waals surface area contributed by atoms with Crippen LogP contribution in [0.25, 0.3) is 11.1 Å². The van der Waals surface area contributed by atoms with Crippen LogP contribution in [0.5, 0.6) is 0 Å². The first-order valence-electron chi connectivity index (χ1n) is 11.7. The van der Waals surface area contributed by atoms with Crippen LogP contribution in [-0.4, -0.2) is 18.7 Å². The van der Waals surface area contributed by atoms with Gasteiger partial charge in [0, 0.05) is 22.1 Å². The van der Waals surface area contributed by atoms with Gasteiger partial charge in [0.25, 0.3) is 0 Å². The molecule has 0 bridgehead atoms. The molecule has 7 heteroatoms. The van der Waals surface area contributed by atoms with Crippen molar-refractivity contribution in [2.75, 3.05) is 12.4 Å². The standard InChI is InChI=1S/C29H32BrF2NO3/c1-16-11-13-19(14-12-16)22-17(2)24(30)26(33-15-20-9-8-10-21(31)25(20)32)18(3)23(22)27(28(34)35-7)36-29(4,5)6/h8-14,27,33H,15H2,1-7H3/t27-/m0/s1. The number of anilines is 1. The highest BCUT2D eigenvalue weighted by Crippen LogP contribution is 2.45. The molecule has 4 nitrogen and oxygen atoms in total. The first kappa shape index (κ1) is 27.8. The molecule has 0 aliphatic heterocycles. The Kier molecular flexibility index (Phi) is 8.57. The lowest BCUT2D eigenvalue weighted by atomic mass is 9.87. The lowest BCUT2D eigenvalue weighted by Gasteiger charge is -2.31. The predicted octanol–water partition coefficient (Wildman–Crippen LogP) is 7.96. The number of esters is 1. The molecular formula is C29H32BrF2NO3. The van der Waals surface area contributed by atoms with Crippen LogP contribution in [0.4, 0.5) is 14.5 Å². The Labute approximate surface area is 220 Å². The lowest BCUT2D eigenvalue weighted by molar-refractivity contribution is -0.164. The number of ether oxygens (including phenoxy) is 2. The van der Waals surface area contributed by atoms with E-state index in [2.05, 4.69) is 21.2 Å². The van der Waals surface area contributed by atoms with Crippen molar-refractivity contribution in [3.8, 4) is 11.1 Å². The number of methoxy groups -OCH3 is 1. The number of rotatable bonds is 7. The molecular weight excluding hydrogens is 528 g/mol. The second-order valence-corrected chi connectivity index (χ2v) is 10.6. The van der Waals surface area contributed by atoms with Crippen molar-refractivity contribution >= 4 is 27.6 Å². The number of nitrogens with one attached hydrogen (secondary N) is 1. The summed E-state index contributed by atoms with van der Waals surface area (Å²) in [6.07, 6.45) is -1.01. The Morgan fingerprint density at radius 2 is 1.67 bits per heavy atom. The average Bonchev–Trinajstić information content (AvgIpc) is 2.82. The summed E-state index contributed by atoms with van der Waals surface area (Å²) >= 11 is 3.71. The van der Waals surface area contributed by atoms with Gasteiger partial charge in [0.1, 0.15) is 0 Å². The highest BCUT2D eigenvalue weighted by Gasteiger charge is 2.34. The normalized spacial score (nSPS) is 12.4. The molecule has 0 saturated heterocycles. The molecule has 3 aromatic rings. The Morgan fingerprint density at radius 3 is 2.25 bits per heavy atom. The van der Waals surface area contributed by atoms with Gasteiger partial charge >= 0.3 is 5.97 Å². The van der Waals surface area contributed by atoms with Crippen LogP contribution in [-0.2, 0) is 20.8 Å². The minimum Gasteiger partial charge on any atom is -0.467 e. The van der Waals surface area contributed by atoms with Crippen LogP contribution < -0.4 is 5.32 Å². The van der Waals surface area contributed by atoms with E-state index in [-0.39, 0.29) is 12.1 Å². The van der Waals surface area contributed by atoms with Gasteiger partial charge < -0.3 is 14.8 Å². The van der Waals surface area contributed by atoms with Crippen LogP contribution in [0.15, 0.2) is 46.9 Å². The van der Waals surface area contributed by atoms with E-state index >= 15 is 0 Å². The Hall–Kier alpha value is -2.77. The maximum Gasteiger partial charge on any atom is 0.339 e. The number of hydrogen-bond acceptors (Lipinski definition) is 4. The molecule has 0 unspecified atom stereocenters. The van der Waals surface area contributed by atoms with Crippen molar-refractivity contribution in [1.29, 1.82) is 0 Å². The maximum atomic E-state index is 14.3. The van der Waals surface area contributed by atoms with Gasteiger partial charge in [-0.3, -0.25) is 0 Å². The monoisotopic (exact) mass is 559 g/mol. The minimum absolute atomic E-state index is 0.0504. The van der Waals surface area contributed by atoms with E-state index in [0.29, 0.717) is 11.3 Å². The fourth-order valence-electron chi connectivity index (χ4n) is 4.17. The zero-order valence-corrected chi connectivity index (χ0v) is 23.3. The molecule has 0 aromatic heterocycles. The quantitative estimate of drug-likeness (QED) is 0.298. The predicted molar refractivity (Wildman–Crippen MR) is 143 cm³/mol. The highest BCUT2D eigenvalue weighted by molar-refractivity contribution is 9.10. The van der Waals surface area contributed by atoms with Crippen molar-refractivity contribution < 1.29 is 23.0 Å². The molecule has 1 atom stereocenters. The number of benzene rings is 3. The third kappa shape index (κ3) is 5.95. The molecule has 0 saturated carbocycles. The van der Waals surface area contributed by atoms with Gasteiger partial charge in [-0.15, -0.1) is 0 Å². The fourth-order valence-corrected chi connectivity index (χ4v) is 4.81. The number of carbonyl (C=O) groups is 1. The summed E-state index contributed by atoms with van der Waals surface area (Å²) in [5.41, 5.74) is 5.35. The van der Waals surface area contributed by atoms with Crippen LogP contribution in [0.1, 0.15) is 54.7 Å². The molecule has 36 heavy (non-hydrogen) atoms. The molecule has 0 aliphatic rings. The summed E-state index contributed by atoms with van der Waals surface area (Å²) in [5, 5.41) is 3.25. The summed E-state index contributed by atoms with van der Waals surface area (Å²) < 4.78 is 40.3. The zero-order chi connectivity index (χ0) is 26.8. The summed E-state index contributed by atoms with van der Waals surface area (Å²) in [4.78, 5) is 13.1. The fraction of sp³-hybridized carbons (Fsp3) is 0.345. The summed E-state index contributed by atoms with van der Waals surface area (Å²) in [5.74, 6) is -2.32. The van der Waals surface area contributed by atoms with E-state index in [1.165, 1.54) is 19.2 Å². The largest absolute Gasteiger partial charge is 0.467 e. The number of carbonyl (C=O) groups excluding carboxylic acids is 1. The zero-order valence-electron chi connectivity index (χ0n) is 21.7. The highest BCUT2D eigenvalue weighted by atomic mass is 79.9. The smallest absolute Gasteiger partial charge is 0.339 e. The minimum atomic E-state index is -1.01. The van der Waals surface area contributed by atoms with Gasteiger partial charge in [-0.05, 0) is 85.8 Å². The molecule has 0 aliphatic carbocycles. The molecule has 0 fully saturated rings. The number of aryl methyl sites for hydroxylation is 1. The Bertz CT molecular complexity index is 1270. The van der Waals surface area contributed by atoms with Crippen LogP contribution in [0, 0.1) is 32.4 Å². The van der Waals surface area contributed by atoms with Crippen molar-refractivity contribution in [3.05, 3.63) is 86.4 Å². The molecule has 192 valence electrons. The maximum absolute atomic E-state index is 14.3. The molecule has 1 N–H and O–H groups in total. The van der Waals surface area contributed by atoms with E-state index < -0.39 is 29.3 Å². The first-order valence-corrected chi connectivity index (χ1v) is 12.5. The van der Waals surface area contributed by atoms with Gasteiger partial charge in [-0.1, -0.05) is 42.0 Å².